The number of amides is 1. The molecule has 96 valence electrons. The molecule has 4 nitrogen and oxygen atoms in total. The number of para-hydroxylation sites is 1. The van der Waals surface area contributed by atoms with Gasteiger partial charge in [-0.15, -0.1) is 0 Å². The smallest absolute Gasteiger partial charge is 0.311 e. The number of hydrogen-bond acceptors (Lipinski definition) is 3. The topological polar surface area (TPSA) is 46.6 Å². The summed E-state index contributed by atoms with van der Waals surface area (Å²) in [7, 11) is 1.33. The molecule has 0 bridgehead atoms. The molecular weight excluding hydrogens is 254 g/mol. The first-order valence-electron chi connectivity index (χ1n) is 5.68. The number of ether oxygens (including phenoxy) is 1. The maximum atomic E-state index is 12.0. The molecule has 0 spiro atoms. The second-order valence-corrected chi connectivity index (χ2v) is 4.74. The van der Waals surface area contributed by atoms with Gasteiger partial charge in [0.25, 0.3) is 0 Å². The Morgan fingerprint density at radius 1 is 1.50 bits per heavy atom. The van der Waals surface area contributed by atoms with E-state index in [4.69, 9.17) is 11.6 Å². The number of benzene rings is 1. The Bertz CT molecular complexity index is 481. The zero-order chi connectivity index (χ0) is 13.3. The van der Waals surface area contributed by atoms with Crippen LogP contribution >= 0.6 is 11.6 Å². The fourth-order valence-electron chi connectivity index (χ4n) is 2.21. The second-order valence-electron chi connectivity index (χ2n) is 4.33. The Morgan fingerprint density at radius 3 is 2.83 bits per heavy atom. The molecule has 0 radical (unpaired) electrons. The number of carbonyl (C=O) groups is 2. The molecule has 1 aromatic rings. The number of aryl methyl sites for hydroxylation is 1. The Hall–Kier alpha value is -1.55. The van der Waals surface area contributed by atoms with Gasteiger partial charge in [0.2, 0.25) is 5.91 Å². The maximum Gasteiger partial charge on any atom is 0.311 e. The summed E-state index contributed by atoms with van der Waals surface area (Å²) < 4.78 is 4.68. The summed E-state index contributed by atoms with van der Waals surface area (Å²) in [5.74, 6) is -0.852. The van der Waals surface area contributed by atoms with Gasteiger partial charge in [-0.25, -0.2) is 0 Å². The Balaban J connectivity index is 2.30. The third-order valence-corrected chi connectivity index (χ3v) is 3.42. The van der Waals surface area contributed by atoms with Crippen LogP contribution in [0.5, 0.6) is 0 Å². The van der Waals surface area contributed by atoms with Crippen LogP contribution in [-0.2, 0) is 14.3 Å². The standard InChI is InChI=1S/C13H14ClNO3/c1-8-4-3-5-10(14)12(8)15-7-9(6-11(15)16)13(17)18-2/h3-5,9H,6-7H2,1-2H3. The average Bonchev–Trinajstić information content (AvgIpc) is 2.70. The van der Waals surface area contributed by atoms with Crippen LogP contribution in [0.4, 0.5) is 5.69 Å². The first-order chi connectivity index (χ1) is 8.54. The molecule has 1 unspecified atom stereocenters. The predicted octanol–water partition coefficient (Wildman–Crippen LogP) is 2.17. The molecular formula is C13H14ClNO3. The molecule has 0 saturated carbocycles. The largest absolute Gasteiger partial charge is 0.469 e. The molecule has 0 aromatic heterocycles. The number of rotatable bonds is 2. The number of halogens is 1. The van der Waals surface area contributed by atoms with Gasteiger partial charge in [-0.05, 0) is 18.6 Å². The molecule has 1 saturated heterocycles. The van der Waals surface area contributed by atoms with Crippen molar-refractivity contribution in [3.63, 3.8) is 0 Å². The van der Waals surface area contributed by atoms with Gasteiger partial charge in [0.05, 0.1) is 23.7 Å². The second kappa shape index (κ2) is 4.98. The first-order valence-corrected chi connectivity index (χ1v) is 6.05. The normalized spacial score (nSPS) is 19.2. The van der Waals surface area contributed by atoms with Crippen LogP contribution in [0.2, 0.25) is 5.02 Å². The van der Waals surface area contributed by atoms with Gasteiger partial charge < -0.3 is 9.64 Å². The van der Waals surface area contributed by atoms with E-state index in [2.05, 4.69) is 4.74 Å². The molecule has 1 fully saturated rings. The minimum absolute atomic E-state index is 0.0957. The summed E-state index contributed by atoms with van der Waals surface area (Å²) in [6.45, 7) is 2.22. The maximum absolute atomic E-state index is 12.0. The van der Waals surface area contributed by atoms with Crippen molar-refractivity contribution in [1.82, 2.24) is 0 Å². The molecule has 1 aliphatic rings. The average molecular weight is 268 g/mol. The highest BCUT2D eigenvalue weighted by Crippen LogP contribution is 2.34. The van der Waals surface area contributed by atoms with Crippen molar-refractivity contribution >= 4 is 29.2 Å². The zero-order valence-electron chi connectivity index (χ0n) is 10.3. The molecule has 5 heteroatoms. The molecule has 18 heavy (non-hydrogen) atoms. The first kappa shape index (κ1) is 12.9. The fraction of sp³-hybridized carbons (Fsp3) is 0.385. The van der Waals surface area contributed by atoms with Gasteiger partial charge in [-0.2, -0.15) is 0 Å². The number of anilines is 1. The van der Waals surface area contributed by atoms with Crippen molar-refractivity contribution in [3.8, 4) is 0 Å². The monoisotopic (exact) mass is 267 g/mol. The van der Waals surface area contributed by atoms with Crippen molar-refractivity contribution in [2.45, 2.75) is 13.3 Å². The molecule has 1 amide bonds. The number of methoxy groups -OCH3 is 1. The van der Waals surface area contributed by atoms with Crippen LogP contribution in [0.3, 0.4) is 0 Å². The van der Waals surface area contributed by atoms with E-state index in [1.165, 1.54) is 7.11 Å². The Kier molecular flexibility index (Phi) is 3.57. The lowest BCUT2D eigenvalue weighted by atomic mass is 10.1. The third kappa shape index (κ3) is 2.20. The highest BCUT2D eigenvalue weighted by Gasteiger charge is 2.37. The Labute approximate surface area is 110 Å². The van der Waals surface area contributed by atoms with Crippen LogP contribution in [0.15, 0.2) is 18.2 Å². The number of esters is 1. The minimum atomic E-state index is -0.404. The lowest BCUT2D eigenvalue weighted by Gasteiger charge is -2.20. The van der Waals surface area contributed by atoms with E-state index in [0.29, 0.717) is 17.3 Å². The van der Waals surface area contributed by atoms with Gasteiger partial charge in [0.1, 0.15) is 0 Å². The van der Waals surface area contributed by atoms with Crippen LogP contribution < -0.4 is 4.90 Å². The SMILES string of the molecule is COC(=O)C1CC(=O)N(c2c(C)cccc2Cl)C1. The van der Waals surface area contributed by atoms with Gasteiger partial charge >= 0.3 is 5.97 Å². The summed E-state index contributed by atoms with van der Waals surface area (Å²) in [5.41, 5.74) is 1.61. The predicted molar refractivity (Wildman–Crippen MR) is 68.7 cm³/mol. The summed E-state index contributed by atoms with van der Waals surface area (Å²) in [5, 5.41) is 0.522. The minimum Gasteiger partial charge on any atom is -0.469 e. The Morgan fingerprint density at radius 2 is 2.22 bits per heavy atom. The number of nitrogens with zero attached hydrogens (tertiary/aromatic N) is 1. The number of hydrogen-bond donors (Lipinski definition) is 0. The lowest BCUT2D eigenvalue weighted by molar-refractivity contribution is -0.145. The zero-order valence-corrected chi connectivity index (χ0v) is 11.0. The van der Waals surface area contributed by atoms with E-state index < -0.39 is 5.92 Å². The van der Waals surface area contributed by atoms with E-state index in [9.17, 15) is 9.59 Å². The van der Waals surface area contributed by atoms with E-state index in [1.54, 1.807) is 11.0 Å². The van der Waals surface area contributed by atoms with Crippen LogP contribution in [0, 0.1) is 12.8 Å². The van der Waals surface area contributed by atoms with Crippen molar-refractivity contribution in [3.05, 3.63) is 28.8 Å². The van der Waals surface area contributed by atoms with Gasteiger partial charge in [-0.3, -0.25) is 9.59 Å². The van der Waals surface area contributed by atoms with E-state index in [-0.39, 0.29) is 18.3 Å². The van der Waals surface area contributed by atoms with E-state index in [1.807, 2.05) is 19.1 Å². The molecule has 1 heterocycles. The summed E-state index contributed by atoms with van der Waals surface area (Å²) in [6, 6.07) is 5.46. The summed E-state index contributed by atoms with van der Waals surface area (Å²) in [6.07, 6.45) is 0.178. The highest BCUT2D eigenvalue weighted by atomic mass is 35.5. The van der Waals surface area contributed by atoms with Crippen LogP contribution in [-0.4, -0.2) is 25.5 Å². The third-order valence-electron chi connectivity index (χ3n) is 3.12. The van der Waals surface area contributed by atoms with E-state index >= 15 is 0 Å². The van der Waals surface area contributed by atoms with Crippen LogP contribution in [0.1, 0.15) is 12.0 Å². The molecule has 1 aliphatic heterocycles. The van der Waals surface area contributed by atoms with Crippen molar-refractivity contribution < 1.29 is 14.3 Å². The highest BCUT2D eigenvalue weighted by molar-refractivity contribution is 6.34. The number of carbonyl (C=O) groups excluding carboxylic acids is 2. The molecule has 1 atom stereocenters. The summed E-state index contributed by atoms with van der Waals surface area (Å²) in [4.78, 5) is 25.0. The van der Waals surface area contributed by atoms with Crippen molar-refractivity contribution in [2.24, 2.45) is 5.92 Å². The van der Waals surface area contributed by atoms with Gasteiger partial charge in [-0.1, -0.05) is 23.7 Å². The van der Waals surface area contributed by atoms with Gasteiger partial charge in [0, 0.05) is 13.0 Å². The van der Waals surface area contributed by atoms with Crippen molar-refractivity contribution in [2.75, 3.05) is 18.6 Å². The quantitative estimate of drug-likeness (QED) is 0.772. The van der Waals surface area contributed by atoms with Crippen LogP contribution in [0.25, 0.3) is 0 Å². The molecule has 0 aliphatic carbocycles. The summed E-state index contributed by atoms with van der Waals surface area (Å²) >= 11 is 6.13. The van der Waals surface area contributed by atoms with Gasteiger partial charge in [0.15, 0.2) is 0 Å². The fourth-order valence-corrected chi connectivity index (χ4v) is 2.54. The molecule has 0 N–H and O–H groups in total. The molecule has 1 aromatic carbocycles. The molecule has 2 rings (SSSR count). The van der Waals surface area contributed by atoms with E-state index in [0.717, 1.165) is 5.56 Å². The lowest BCUT2D eigenvalue weighted by Crippen LogP contribution is -2.27. The van der Waals surface area contributed by atoms with Crippen molar-refractivity contribution in [1.29, 1.82) is 0 Å².